The van der Waals surface area contributed by atoms with E-state index in [1.54, 1.807) is 0 Å². The fourth-order valence-electron chi connectivity index (χ4n) is 2.60. The second-order valence-electron chi connectivity index (χ2n) is 4.92. The van der Waals surface area contributed by atoms with Gasteiger partial charge in [0.05, 0.1) is 6.54 Å². The van der Waals surface area contributed by atoms with Gasteiger partial charge in [0.25, 0.3) is 0 Å². The molecule has 1 saturated heterocycles. The summed E-state index contributed by atoms with van der Waals surface area (Å²) in [6, 6.07) is 0.417. The van der Waals surface area contributed by atoms with Gasteiger partial charge in [0.1, 0.15) is 0 Å². The van der Waals surface area contributed by atoms with Gasteiger partial charge in [-0.2, -0.15) is 13.2 Å². The summed E-state index contributed by atoms with van der Waals surface area (Å²) in [6.07, 6.45) is -1.35. The average molecular weight is 267 g/mol. The maximum atomic E-state index is 12.3. The zero-order valence-corrected chi connectivity index (χ0v) is 11.0. The summed E-state index contributed by atoms with van der Waals surface area (Å²) < 4.78 is 37.0. The van der Waals surface area contributed by atoms with Crippen LogP contribution in [0.25, 0.3) is 0 Å². The molecule has 0 spiro atoms. The Bertz CT molecular complexity index is 233. The molecule has 0 aromatic rings. The van der Waals surface area contributed by atoms with E-state index in [1.807, 2.05) is 0 Å². The molecule has 0 amide bonds. The van der Waals surface area contributed by atoms with E-state index in [9.17, 15) is 13.2 Å². The monoisotopic (exact) mass is 267 g/mol. The summed E-state index contributed by atoms with van der Waals surface area (Å²) in [5.74, 6) is 0. The van der Waals surface area contributed by atoms with E-state index in [0.717, 1.165) is 25.8 Å². The molecule has 0 radical (unpaired) electrons. The van der Waals surface area contributed by atoms with Crippen LogP contribution in [0.1, 0.15) is 26.2 Å². The summed E-state index contributed by atoms with van der Waals surface area (Å²) in [5, 5.41) is 0. The van der Waals surface area contributed by atoms with Crippen LogP contribution in [0.4, 0.5) is 13.2 Å². The van der Waals surface area contributed by atoms with Crippen molar-refractivity contribution in [3.63, 3.8) is 0 Å². The number of nitrogens with two attached hydrogens (primary N) is 1. The first-order valence-corrected chi connectivity index (χ1v) is 6.69. The van der Waals surface area contributed by atoms with Crippen LogP contribution in [-0.2, 0) is 0 Å². The lowest BCUT2D eigenvalue weighted by atomic mass is 10.1. The Morgan fingerprint density at radius 2 is 1.89 bits per heavy atom. The Balaban J connectivity index is 2.45. The molecule has 0 aliphatic carbocycles. The predicted molar refractivity (Wildman–Crippen MR) is 66.4 cm³/mol. The number of rotatable bonds is 5. The standard InChI is InChI=1S/C12H24F3N3/c1-2-11(4-5-16)18-7-3-6-17(8-9-18)10-12(13,14)15/h11H,2-10,16H2,1H3. The van der Waals surface area contributed by atoms with Gasteiger partial charge in [0.15, 0.2) is 0 Å². The van der Waals surface area contributed by atoms with Crippen molar-refractivity contribution >= 4 is 0 Å². The average Bonchev–Trinajstić information content (AvgIpc) is 2.49. The summed E-state index contributed by atoms with van der Waals surface area (Å²) >= 11 is 0. The highest BCUT2D eigenvalue weighted by atomic mass is 19.4. The molecule has 1 fully saturated rings. The van der Waals surface area contributed by atoms with Crippen LogP contribution in [0.2, 0.25) is 0 Å². The predicted octanol–water partition coefficient (Wildman–Crippen LogP) is 1.68. The molecule has 1 aliphatic rings. The molecule has 1 atom stereocenters. The third kappa shape index (κ3) is 5.54. The minimum atomic E-state index is -4.09. The van der Waals surface area contributed by atoms with Gasteiger partial charge in [0, 0.05) is 19.1 Å². The van der Waals surface area contributed by atoms with E-state index in [-0.39, 0.29) is 0 Å². The molecule has 0 aromatic carbocycles. The van der Waals surface area contributed by atoms with Gasteiger partial charge < -0.3 is 5.73 Å². The van der Waals surface area contributed by atoms with Gasteiger partial charge in [-0.25, -0.2) is 0 Å². The molecule has 0 bridgehead atoms. The molecule has 1 heterocycles. The Hall–Kier alpha value is -0.330. The Morgan fingerprint density at radius 3 is 2.44 bits per heavy atom. The molecule has 2 N–H and O–H groups in total. The van der Waals surface area contributed by atoms with E-state index in [2.05, 4.69) is 11.8 Å². The quantitative estimate of drug-likeness (QED) is 0.822. The zero-order chi connectivity index (χ0) is 13.6. The van der Waals surface area contributed by atoms with Crippen LogP contribution in [0.5, 0.6) is 0 Å². The molecule has 18 heavy (non-hydrogen) atoms. The second kappa shape index (κ2) is 7.31. The van der Waals surface area contributed by atoms with Crippen molar-refractivity contribution in [3.8, 4) is 0 Å². The van der Waals surface area contributed by atoms with E-state index in [1.165, 1.54) is 4.90 Å². The van der Waals surface area contributed by atoms with Gasteiger partial charge in [0.2, 0.25) is 0 Å². The molecule has 1 aliphatic heterocycles. The van der Waals surface area contributed by atoms with E-state index in [4.69, 9.17) is 5.73 Å². The van der Waals surface area contributed by atoms with Crippen molar-refractivity contribution in [1.82, 2.24) is 9.80 Å². The highest BCUT2D eigenvalue weighted by molar-refractivity contribution is 4.77. The summed E-state index contributed by atoms with van der Waals surface area (Å²) in [7, 11) is 0. The van der Waals surface area contributed by atoms with Crippen LogP contribution in [0.15, 0.2) is 0 Å². The Kier molecular flexibility index (Phi) is 6.38. The molecule has 0 aromatic heterocycles. The normalized spacial score (nSPS) is 21.8. The number of nitrogens with zero attached hydrogens (tertiary/aromatic N) is 2. The molecule has 1 unspecified atom stereocenters. The molecular formula is C12H24F3N3. The lowest BCUT2D eigenvalue weighted by molar-refractivity contribution is -0.145. The minimum Gasteiger partial charge on any atom is -0.330 e. The SMILES string of the molecule is CCC(CCN)N1CCCN(CC(F)(F)F)CC1. The summed E-state index contributed by atoms with van der Waals surface area (Å²) in [6.45, 7) is 4.60. The fourth-order valence-corrected chi connectivity index (χ4v) is 2.60. The van der Waals surface area contributed by atoms with Crippen LogP contribution < -0.4 is 5.73 Å². The number of hydrogen-bond donors (Lipinski definition) is 1. The zero-order valence-electron chi connectivity index (χ0n) is 11.0. The summed E-state index contributed by atoms with van der Waals surface area (Å²) in [4.78, 5) is 3.80. The summed E-state index contributed by atoms with van der Waals surface area (Å²) in [5.41, 5.74) is 5.58. The van der Waals surface area contributed by atoms with Crippen molar-refractivity contribution in [2.75, 3.05) is 39.3 Å². The molecule has 1 rings (SSSR count). The van der Waals surface area contributed by atoms with Gasteiger partial charge in [-0.1, -0.05) is 6.92 Å². The van der Waals surface area contributed by atoms with E-state index < -0.39 is 12.7 Å². The van der Waals surface area contributed by atoms with Gasteiger partial charge in [-0.15, -0.1) is 0 Å². The minimum absolute atomic E-state index is 0.417. The first-order chi connectivity index (χ1) is 8.46. The fraction of sp³-hybridized carbons (Fsp3) is 1.00. The van der Waals surface area contributed by atoms with E-state index >= 15 is 0 Å². The molecule has 0 saturated carbocycles. The first kappa shape index (κ1) is 15.7. The van der Waals surface area contributed by atoms with Crippen molar-refractivity contribution in [3.05, 3.63) is 0 Å². The highest BCUT2D eigenvalue weighted by Crippen LogP contribution is 2.18. The maximum absolute atomic E-state index is 12.3. The van der Waals surface area contributed by atoms with Crippen molar-refractivity contribution in [2.45, 2.75) is 38.4 Å². The van der Waals surface area contributed by atoms with E-state index in [0.29, 0.717) is 32.2 Å². The molecule has 3 nitrogen and oxygen atoms in total. The van der Waals surface area contributed by atoms with Gasteiger partial charge in [-0.05, 0) is 38.9 Å². The lowest BCUT2D eigenvalue weighted by Gasteiger charge is -2.29. The van der Waals surface area contributed by atoms with Crippen LogP contribution in [-0.4, -0.2) is 61.3 Å². The molecule has 108 valence electrons. The largest absolute Gasteiger partial charge is 0.401 e. The lowest BCUT2D eigenvalue weighted by Crippen LogP contribution is -2.40. The first-order valence-electron chi connectivity index (χ1n) is 6.69. The maximum Gasteiger partial charge on any atom is 0.401 e. The van der Waals surface area contributed by atoms with Gasteiger partial charge >= 0.3 is 6.18 Å². The number of hydrogen-bond acceptors (Lipinski definition) is 3. The van der Waals surface area contributed by atoms with Gasteiger partial charge in [-0.3, -0.25) is 9.80 Å². The van der Waals surface area contributed by atoms with Crippen molar-refractivity contribution in [2.24, 2.45) is 5.73 Å². The van der Waals surface area contributed by atoms with Crippen LogP contribution in [0.3, 0.4) is 0 Å². The van der Waals surface area contributed by atoms with Crippen molar-refractivity contribution < 1.29 is 13.2 Å². The van der Waals surface area contributed by atoms with Crippen LogP contribution >= 0.6 is 0 Å². The number of halogens is 3. The highest BCUT2D eigenvalue weighted by Gasteiger charge is 2.31. The van der Waals surface area contributed by atoms with Crippen LogP contribution in [0, 0.1) is 0 Å². The molecular weight excluding hydrogens is 243 g/mol. The van der Waals surface area contributed by atoms with Crippen molar-refractivity contribution in [1.29, 1.82) is 0 Å². The smallest absolute Gasteiger partial charge is 0.330 e. The Morgan fingerprint density at radius 1 is 1.17 bits per heavy atom. The number of alkyl halides is 3. The molecule has 6 heteroatoms. The third-order valence-electron chi connectivity index (χ3n) is 3.51. The Labute approximate surface area is 107 Å². The topological polar surface area (TPSA) is 32.5 Å². The third-order valence-corrected chi connectivity index (χ3v) is 3.51. The second-order valence-corrected chi connectivity index (χ2v) is 4.92.